The van der Waals surface area contributed by atoms with E-state index in [1.54, 1.807) is 31.2 Å². The molecule has 1 N–H and O–H groups in total. The second-order valence-corrected chi connectivity index (χ2v) is 5.65. The average Bonchev–Trinajstić information content (AvgIpc) is 2.28. The summed E-state index contributed by atoms with van der Waals surface area (Å²) in [4.78, 5) is 11.2. The Balaban J connectivity index is 2.67. The maximum atomic E-state index is 11.8. The van der Waals surface area contributed by atoms with Crippen LogP contribution in [-0.4, -0.2) is 21.0 Å². The van der Waals surface area contributed by atoms with Crippen molar-refractivity contribution in [3.63, 3.8) is 0 Å². The van der Waals surface area contributed by atoms with Crippen molar-refractivity contribution in [3.05, 3.63) is 47.7 Å². The Morgan fingerprint density at radius 1 is 1.32 bits per heavy atom. The minimum Gasteiger partial charge on any atom is -0.463 e. The summed E-state index contributed by atoms with van der Waals surface area (Å²) in [6.07, 6.45) is 1.12. The van der Waals surface area contributed by atoms with E-state index in [2.05, 4.69) is 4.72 Å². The summed E-state index contributed by atoms with van der Waals surface area (Å²) in [5.41, 5.74) is 0.910. The van der Waals surface area contributed by atoms with Crippen molar-refractivity contribution in [3.8, 4) is 0 Å². The Morgan fingerprint density at radius 2 is 1.95 bits per heavy atom. The highest BCUT2D eigenvalue weighted by Gasteiger charge is 2.11. The zero-order chi connectivity index (χ0) is 14.3. The number of sulfonamides is 1. The van der Waals surface area contributed by atoms with Crippen LogP contribution in [0.2, 0.25) is 0 Å². The van der Waals surface area contributed by atoms with Crippen LogP contribution in [0, 0.1) is 0 Å². The molecule has 1 rings (SSSR count). The highest BCUT2D eigenvalue weighted by Crippen LogP contribution is 2.05. The van der Waals surface area contributed by atoms with E-state index >= 15 is 0 Å². The van der Waals surface area contributed by atoms with Gasteiger partial charge in [0, 0.05) is 11.8 Å². The van der Waals surface area contributed by atoms with Crippen molar-refractivity contribution in [1.82, 2.24) is 4.72 Å². The van der Waals surface area contributed by atoms with Gasteiger partial charge in [0.15, 0.2) is 0 Å². The molecule has 0 saturated carbocycles. The molecule has 1 aromatic rings. The molecule has 0 saturated heterocycles. The fourth-order valence-corrected chi connectivity index (χ4v) is 2.72. The number of nitrogens with one attached hydrogen (secondary N) is 1. The van der Waals surface area contributed by atoms with Gasteiger partial charge in [-0.25, -0.2) is 13.2 Å². The molecule has 0 aliphatic carbocycles. The van der Waals surface area contributed by atoms with Crippen LogP contribution in [0.4, 0.5) is 0 Å². The molecule has 0 aliphatic rings. The minimum atomic E-state index is -3.52. The topological polar surface area (TPSA) is 72.5 Å². The summed E-state index contributed by atoms with van der Waals surface area (Å²) >= 11 is 0. The van der Waals surface area contributed by atoms with Gasteiger partial charge in [0.25, 0.3) is 0 Å². The first-order valence-electron chi connectivity index (χ1n) is 5.82. The molecule has 0 heterocycles. The van der Waals surface area contributed by atoms with E-state index in [4.69, 9.17) is 4.74 Å². The quantitative estimate of drug-likeness (QED) is 0.635. The first-order valence-corrected chi connectivity index (χ1v) is 7.47. The van der Waals surface area contributed by atoms with Gasteiger partial charge in [-0.15, -0.1) is 0 Å². The third kappa shape index (κ3) is 6.05. The molecule has 104 valence electrons. The molecule has 0 atom stereocenters. The maximum Gasteiger partial charge on any atom is 0.332 e. The molecule has 19 heavy (non-hydrogen) atoms. The van der Waals surface area contributed by atoms with Crippen LogP contribution in [0.25, 0.3) is 0 Å². The molecule has 0 aromatic heterocycles. The van der Waals surface area contributed by atoms with Crippen LogP contribution in [0.3, 0.4) is 0 Å². The van der Waals surface area contributed by atoms with Crippen LogP contribution in [0.5, 0.6) is 0 Å². The Hall–Kier alpha value is -1.82. The Morgan fingerprint density at radius 3 is 2.53 bits per heavy atom. The fourth-order valence-electron chi connectivity index (χ4n) is 1.47. The number of carbonyl (C=O) groups is 1. The van der Waals surface area contributed by atoms with Gasteiger partial charge in [-0.1, -0.05) is 30.3 Å². The van der Waals surface area contributed by atoms with Crippen molar-refractivity contribution < 1.29 is 17.9 Å². The second-order valence-electron chi connectivity index (χ2n) is 3.93. The number of hydrogen-bond acceptors (Lipinski definition) is 4. The molecule has 1 aromatic carbocycles. The van der Waals surface area contributed by atoms with Gasteiger partial charge in [-0.2, -0.15) is 0 Å². The van der Waals surface area contributed by atoms with E-state index < -0.39 is 16.0 Å². The van der Waals surface area contributed by atoms with Gasteiger partial charge in [0.05, 0.1) is 12.4 Å². The van der Waals surface area contributed by atoms with Crippen molar-refractivity contribution in [2.24, 2.45) is 0 Å². The highest BCUT2D eigenvalue weighted by atomic mass is 32.2. The summed E-state index contributed by atoms with van der Waals surface area (Å²) in [7, 11) is -3.52. The van der Waals surface area contributed by atoms with Crippen molar-refractivity contribution >= 4 is 16.0 Å². The SMILES string of the molecule is CCOC(=O)C=C(C)NS(=O)(=O)Cc1ccccc1. The van der Waals surface area contributed by atoms with E-state index in [0.29, 0.717) is 5.56 Å². The number of carbonyl (C=O) groups excluding carboxylic acids is 1. The summed E-state index contributed by atoms with van der Waals surface area (Å²) in [5, 5.41) is 0. The maximum absolute atomic E-state index is 11.8. The Kier molecular flexibility index (Phi) is 5.57. The molecule has 0 bridgehead atoms. The Labute approximate surface area is 113 Å². The lowest BCUT2D eigenvalue weighted by Crippen LogP contribution is -2.24. The number of esters is 1. The molecule has 6 heteroatoms. The third-order valence-electron chi connectivity index (χ3n) is 2.14. The number of rotatable bonds is 6. The van der Waals surface area contributed by atoms with Gasteiger partial charge in [-0.05, 0) is 19.4 Å². The van der Waals surface area contributed by atoms with E-state index in [1.165, 1.54) is 6.92 Å². The normalized spacial score (nSPS) is 12.0. The smallest absolute Gasteiger partial charge is 0.332 e. The van der Waals surface area contributed by atoms with Gasteiger partial charge in [0.2, 0.25) is 10.0 Å². The first kappa shape index (κ1) is 15.2. The number of ether oxygens (including phenoxy) is 1. The largest absolute Gasteiger partial charge is 0.463 e. The van der Waals surface area contributed by atoms with Gasteiger partial charge < -0.3 is 4.74 Å². The van der Waals surface area contributed by atoms with Crippen LogP contribution >= 0.6 is 0 Å². The standard InChI is InChI=1S/C13H17NO4S/c1-3-18-13(15)9-11(2)14-19(16,17)10-12-7-5-4-6-8-12/h4-9,14H,3,10H2,1-2H3. The molecule has 0 unspecified atom stereocenters. The zero-order valence-electron chi connectivity index (χ0n) is 10.9. The molecular formula is C13H17NO4S. The van der Waals surface area contributed by atoms with Gasteiger partial charge in [0.1, 0.15) is 0 Å². The summed E-state index contributed by atoms with van der Waals surface area (Å²) in [6.45, 7) is 3.43. The predicted octanol–water partition coefficient (Wildman–Crippen LogP) is 1.57. The second kappa shape index (κ2) is 6.94. The van der Waals surface area contributed by atoms with Gasteiger partial charge in [-0.3, -0.25) is 4.72 Å². The summed E-state index contributed by atoms with van der Waals surface area (Å²) < 4.78 is 30.7. The lowest BCUT2D eigenvalue weighted by molar-refractivity contribution is -0.137. The molecule has 0 aliphatic heterocycles. The molecular weight excluding hydrogens is 266 g/mol. The number of benzene rings is 1. The number of hydrogen-bond donors (Lipinski definition) is 1. The Bertz CT molecular complexity index is 549. The number of allylic oxidation sites excluding steroid dienone is 1. The van der Waals surface area contributed by atoms with Crippen LogP contribution in [-0.2, 0) is 25.3 Å². The fraction of sp³-hybridized carbons (Fsp3) is 0.308. The van der Waals surface area contributed by atoms with Crippen molar-refractivity contribution in [1.29, 1.82) is 0 Å². The molecule has 0 radical (unpaired) electrons. The molecule has 0 spiro atoms. The predicted molar refractivity (Wildman–Crippen MR) is 72.6 cm³/mol. The van der Waals surface area contributed by atoms with Crippen molar-refractivity contribution in [2.75, 3.05) is 6.61 Å². The van der Waals surface area contributed by atoms with E-state index in [-0.39, 0.29) is 18.1 Å². The monoisotopic (exact) mass is 283 g/mol. The minimum absolute atomic E-state index is 0.137. The van der Waals surface area contributed by atoms with Crippen LogP contribution < -0.4 is 4.72 Å². The van der Waals surface area contributed by atoms with E-state index in [9.17, 15) is 13.2 Å². The zero-order valence-corrected chi connectivity index (χ0v) is 11.7. The molecule has 0 fully saturated rings. The lowest BCUT2D eigenvalue weighted by Gasteiger charge is -2.08. The lowest BCUT2D eigenvalue weighted by atomic mass is 10.2. The highest BCUT2D eigenvalue weighted by molar-refractivity contribution is 7.88. The average molecular weight is 283 g/mol. The summed E-state index contributed by atoms with van der Waals surface area (Å²) in [6, 6.07) is 8.81. The van der Waals surface area contributed by atoms with Crippen molar-refractivity contribution in [2.45, 2.75) is 19.6 Å². The van der Waals surface area contributed by atoms with E-state index in [0.717, 1.165) is 6.08 Å². The third-order valence-corrected chi connectivity index (χ3v) is 3.48. The first-order chi connectivity index (χ1) is 8.93. The van der Waals surface area contributed by atoms with Crippen LogP contribution in [0.15, 0.2) is 42.1 Å². The summed E-state index contributed by atoms with van der Waals surface area (Å²) in [5.74, 6) is -0.704. The van der Waals surface area contributed by atoms with Crippen LogP contribution in [0.1, 0.15) is 19.4 Å². The van der Waals surface area contributed by atoms with Gasteiger partial charge >= 0.3 is 5.97 Å². The molecule has 5 nitrogen and oxygen atoms in total. The molecule has 0 amide bonds. The van der Waals surface area contributed by atoms with E-state index in [1.807, 2.05) is 6.07 Å².